The molecule has 6 heavy (non-hydrogen) atoms. The van der Waals surface area contributed by atoms with Gasteiger partial charge in [-0.2, -0.15) is 12.6 Å². The zero-order valence-electron chi connectivity index (χ0n) is 3.35. The van der Waals surface area contributed by atoms with Gasteiger partial charge in [-0.3, -0.25) is 4.79 Å². The van der Waals surface area contributed by atoms with Gasteiger partial charge in [-0.15, -0.1) is 0 Å². The van der Waals surface area contributed by atoms with E-state index in [4.69, 9.17) is 5.73 Å². The van der Waals surface area contributed by atoms with E-state index in [1.165, 1.54) is 0 Å². The van der Waals surface area contributed by atoms with Gasteiger partial charge in [-0.1, -0.05) is 0 Å². The summed E-state index contributed by atoms with van der Waals surface area (Å²) < 4.78 is 0. The molecule has 0 atom stereocenters. The van der Waals surface area contributed by atoms with E-state index in [2.05, 4.69) is 12.6 Å². The van der Waals surface area contributed by atoms with Gasteiger partial charge < -0.3 is 5.73 Å². The minimum Gasteiger partial charge on any atom is -0.370 e. The average Bonchev–Trinajstić information content (AvgIpc) is 1.35. The summed E-state index contributed by atoms with van der Waals surface area (Å²) in [5.74, 6) is 0.264. The third-order valence-corrected chi connectivity index (χ3v) is 0.582. The molecule has 0 aliphatic heterocycles. The normalized spacial score (nSPS) is 8.17. The van der Waals surface area contributed by atoms with Crippen LogP contribution in [0.25, 0.3) is 0 Å². The predicted octanol–water partition coefficient (Wildman–Crippen LogP) is -0.208. The fourth-order valence-electron chi connectivity index (χ4n) is 0.110. The van der Waals surface area contributed by atoms with Crippen LogP contribution in [0.15, 0.2) is 0 Å². The second-order valence-corrected chi connectivity index (χ2v) is 1.39. The highest BCUT2D eigenvalue weighted by Gasteiger charge is 1.85. The van der Waals surface area contributed by atoms with Crippen molar-refractivity contribution < 1.29 is 4.79 Å². The quantitative estimate of drug-likeness (QED) is 0.469. The van der Waals surface area contributed by atoms with Crippen molar-refractivity contribution in [2.24, 2.45) is 5.73 Å². The summed E-state index contributed by atoms with van der Waals surface area (Å²) >= 11 is 3.76. The van der Waals surface area contributed by atoms with Crippen molar-refractivity contribution in [2.45, 2.75) is 6.42 Å². The molecule has 0 heterocycles. The molecule has 3 heteroatoms. The molecule has 2 N–H and O–H groups in total. The van der Waals surface area contributed by atoms with Crippen molar-refractivity contribution in [3.63, 3.8) is 0 Å². The topological polar surface area (TPSA) is 43.1 Å². The van der Waals surface area contributed by atoms with Gasteiger partial charge in [0.1, 0.15) is 0 Å². The minimum absolute atomic E-state index is 0.287. The Kier molecular flexibility index (Phi) is 2.94. The van der Waals surface area contributed by atoms with Crippen molar-refractivity contribution in [1.29, 1.82) is 0 Å². The molecule has 0 bridgehead atoms. The maximum Gasteiger partial charge on any atom is 0.218 e. The van der Waals surface area contributed by atoms with Crippen molar-refractivity contribution in [3.05, 3.63) is 0 Å². The first-order valence-corrected chi connectivity index (χ1v) is 2.30. The van der Waals surface area contributed by atoms with Gasteiger partial charge in [0.2, 0.25) is 5.91 Å². The van der Waals surface area contributed by atoms with Gasteiger partial charge in [0, 0.05) is 6.42 Å². The Balaban J connectivity index is 2.83. The first-order chi connectivity index (χ1) is 2.77. The first-order valence-electron chi connectivity index (χ1n) is 1.66. The molecule has 0 fully saturated rings. The van der Waals surface area contributed by atoms with E-state index in [-0.39, 0.29) is 5.91 Å². The Labute approximate surface area is 42.1 Å². The lowest BCUT2D eigenvalue weighted by Crippen LogP contribution is -2.09. The van der Waals surface area contributed by atoms with E-state index < -0.39 is 0 Å². The fourth-order valence-corrected chi connectivity index (χ4v) is 0.331. The molecule has 36 valence electrons. The fraction of sp³-hybridized carbons (Fsp3) is 0.667. The summed E-state index contributed by atoms with van der Waals surface area (Å²) in [6, 6.07) is 0. The molecule has 1 amide bonds. The van der Waals surface area contributed by atoms with Crippen LogP contribution >= 0.6 is 12.6 Å². The number of thiol groups is 1. The van der Waals surface area contributed by atoms with E-state index in [0.29, 0.717) is 12.2 Å². The second kappa shape index (κ2) is 3.03. The lowest BCUT2D eigenvalue weighted by Gasteiger charge is -1.80. The second-order valence-electron chi connectivity index (χ2n) is 0.940. The summed E-state index contributed by atoms with van der Waals surface area (Å²) in [5, 5.41) is 0. The standard InChI is InChI=1S/C3H7NOS/c4-3(5)1-2-6/h6H,1-2H2,(H2,4,5). The summed E-state index contributed by atoms with van der Waals surface area (Å²) in [6.07, 6.45) is 0.378. The van der Waals surface area contributed by atoms with Crippen LogP contribution in [0, 0.1) is 0 Å². The third kappa shape index (κ3) is 3.82. The van der Waals surface area contributed by atoms with E-state index in [1.54, 1.807) is 0 Å². The van der Waals surface area contributed by atoms with E-state index in [9.17, 15) is 4.79 Å². The van der Waals surface area contributed by atoms with Gasteiger partial charge in [0.25, 0.3) is 0 Å². The molecule has 0 saturated carbocycles. The van der Waals surface area contributed by atoms with Crippen molar-refractivity contribution in [3.8, 4) is 0 Å². The number of hydrogen-bond acceptors (Lipinski definition) is 2. The van der Waals surface area contributed by atoms with Crippen LogP contribution in [-0.2, 0) is 4.79 Å². The third-order valence-electron chi connectivity index (χ3n) is 0.358. The highest BCUT2D eigenvalue weighted by Crippen LogP contribution is 1.77. The molecule has 0 radical (unpaired) electrons. The van der Waals surface area contributed by atoms with Crippen LogP contribution in [-0.4, -0.2) is 11.7 Å². The Bertz CT molecular complexity index is 54.8. The summed E-state index contributed by atoms with van der Waals surface area (Å²) in [5.41, 5.74) is 4.72. The molecule has 0 spiro atoms. The van der Waals surface area contributed by atoms with Crippen molar-refractivity contribution in [1.82, 2.24) is 0 Å². The Hall–Kier alpha value is -0.180. The first kappa shape index (κ1) is 5.82. The molecule has 0 aromatic rings. The zero-order valence-corrected chi connectivity index (χ0v) is 4.24. The maximum atomic E-state index is 9.77. The van der Waals surface area contributed by atoms with Crippen LogP contribution in [0.5, 0.6) is 0 Å². The van der Waals surface area contributed by atoms with Crippen molar-refractivity contribution >= 4 is 18.5 Å². The van der Waals surface area contributed by atoms with Gasteiger partial charge in [-0.05, 0) is 5.75 Å². The van der Waals surface area contributed by atoms with Crippen LogP contribution in [0.4, 0.5) is 0 Å². The monoisotopic (exact) mass is 105 g/mol. The molecule has 0 saturated heterocycles. The SMILES string of the molecule is NC(=O)CCS. The largest absolute Gasteiger partial charge is 0.370 e. The number of nitrogens with two attached hydrogens (primary N) is 1. The molecule has 0 rings (SSSR count). The van der Waals surface area contributed by atoms with Crippen molar-refractivity contribution in [2.75, 3.05) is 5.75 Å². The molecule has 0 aliphatic carbocycles. The smallest absolute Gasteiger partial charge is 0.218 e. The molecular formula is C3H7NOS. The summed E-state index contributed by atoms with van der Waals surface area (Å²) in [4.78, 5) is 9.77. The lowest BCUT2D eigenvalue weighted by molar-refractivity contribution is -0.117. The van der Waals surface area contributed by atoms with E-state index in [1.807, 2.05) is 0 Å². The molecular weight excluding hydrogens is 98.1 g/mol. The van der Waals surface area contributed by atoms with E-state index >= 15 is 0 Å². The number of rotatable bonds is 2. The van der Waals surface area contributed by atoms with Gasteiger partial charge >= 0.3 is 0 Å². The van der Waals surface area contributed by atoms with Gasteiger partial charge in [0.05, 0.1) is 0 Å². The Morgan fingerprint density at radius 2 is 2.33 bits per heavy atom. The minimum atomic E-state index is -0.287. The Morgan fingerprint density at radius 1 is 1.83 bits per heavy atom. The predicted molar refractivity (Wildman–Crippen MR) is 27.7 cm³/mol. The van der Waals surface area contributed by atoms with Gasteiger partial charge in [-0.25, -0.2) is 0 Å². The van der Waals surface area contributed by atoms with E-state index in [0.717, 1.165) is 0 Å². The zero-order chi connectivity index (χ0) is 4.99. The highest BCUT2D eigenvalue weighted by atomic mass is 32.1. The average molecular weight is 105 g/mol. The summed E-state index contributed by atoms with van der Waals surface area (Å²) in [7, 11) is 0. The van der Waals surface area contributed by atoms with Crippen LogP contribution < -0.4 is 5.73 Å². The molecule has 0 aliphatic rings. The molecule has 0 aromatic heterocycles. The maximum absolute atomic E-state index is 9.77. The van der Waals surface area contributed by atoms with Crippen LogP contribution in [0.3, 0.4) is 0 Å². The van der Waals surface area contributed by atoms with Gasteiger partial charge in [0.15, 0.2) is 0 Å². The van der Waals surface area contributed by atoms with Crippen LogP contribution in [0.2, 0.25) is 0 Å². The molecule has 2 nitrogen and oxygen atoms in total. The number of primary amides is 1. The number of carbonyl (C=O) groups is 1. The lowest BCUT2D eigenvalue weighted by atomic mass is 10.5. The van der Waals surface area contributed by atoms with Crippen LogP contribution in [0.1, 0.15) is 6.42 Å². The molecule has 0 unspecified atom stereocenters. The number of hydrogen-bond donors (Lipinski definition) is 2. The number of amides is 1. The Morgan fingerprint density at radius 3 is 2.33 bits per heavy atom. The number of carbonyl (C=O) groups excluding carboxylic acids is 1. The molecule has 0 aromatic carbocycles. The summed E-state index contributed by atoms with van der Waals surface area (Å²) in [6.45, 7) is 0. The highest BCUT2D eigenvalue weighted by molar-refractivity contribution is 7.80.